The van der Waals surface area contributed by atoms with Gasteiger partial charge in [-0.15, -0.1) is 0 Å². The smallest absolute Gasteiger partial charge is 0.267 e. The predicted octanol–water partition coefficient (Wildman–Crippen LogP) is 4.38. The van der Waals surface area contributed by atoms with Crippen LogP contribution in [0.3, 0.4) is 0 Å². The third-order valence-corrected chi connectivity index (χ3v) is 5.16. The molecule has 2 aromatic heterocycles. The third kappa shape index (κ3) is 4.56. The maximum absolute atomic E-state index is 12.2. The number of hydrogen-bond acceptors (Lipinski definition) is 5. The normalized spacial score (nSPS) is 13.5. The van der Waals surface area contributed by atoms with E-state index < -0.39 is 0 Å². The molecule has 2 N–H and O–H groups in total. The van der Waals surface area contributed by atoms with E-state index in [1.807, 2.05) is 44.2 Å². The van der Waals surface area contributed by atoms with Crippen molar-refractivity contribution in [3.05, 3.63) is 70.2 Å². The minimum atomic E-state index is -0.160. The summed E-state index contributed by atoms with van der Waals surface area (Å²) in [6.07, 6.45) is 6.58. The minimum absolute atomic E-state index is 0.0770. The molecular formula is C25H25N5O. The van der Waals surface area contributed by atoms with Gasteiger partial charge in [0, 0.05) is 11.6 Å². The molecule has 0 spiro atoms. The lowest BCUT2D eigenvalue weighted by Crippen LogP contribution is -2.24. The molecule has 0 radical (unpaired) electrons. The molecule has 6 heteroatoms. The van der Waals surface area contributed by atoms with Crippen molar-refractivity contribution < 1.29 is 0 Å². The van der Waals surface area contributed by atoms with Crippen LogP contribution in [0.5, 0.6) is 0 Å². The summed E-state index contributed by atoms with van der Waals surface area (Å²) >= 11 is 0. The molecule has 0 saturated heterocycles. The maximum Gasteiger partial charge on any atom is 0.267 e. The Morgan fingerprint density at radius 2 is 1.81 bits per heavy atom. The van der Waals surface area contributed by atoms with E-state index in [1.165, 1.54) is 17.2 Å². The number of nitrogens with zero attached hydrogens (tertiary/aromatic N) is 4. The van der Waals surface area contributed by atoms with Crippen LogP contribution < -0.4 is 11.3 Å². The highest BCUT2D eigenvalue weighted by molar-refractivity contribution is 5.78. The third-order valence-electron chi connectivity index (χ3n) is 5.16. The van der Waals surface area contributed by atoms with E-state index in [4.69, 9.17) is 10.7 Å². The first-order valence-electron chi connectivity index (χ1n) is 10.6. The molecule has 0 fully saturated rings. The molecule has 4 rings (SSSR count). The monoisotopic (exact) mass is 411 g/mol. The van der Waals surface area contributed by atoms with Crippen molar-refractivity contribution >= 4 is 5.82 Å². The molecular weight excluding hydrogens is 386 g/mol. The average molecular weight is 412 g/mol. The molecule has 0 unspecified atom stereocenters. The summed E-state index contributed by atoms with van der Waals surface area (Å²) in [5.41, 5.74) is 10.2. The summed E-state index contributed by atoms with van der Waals surface area (Å²) in [5, 5.41) is 4.55. The Hall–Kier alpha value is -3.72. The zero-order chi connectivity index (χ0) is 21.8. The van der Waals surface area contributed by atoms with Gasteiger partial charge < -0.3 is 5.73 Å². The van der Waals surface area contributed by atoms with Crippen molar-refractivity contribution in [2.24, 2.45) is 0 Å². The van der Waals surface area contributed by atoms with Gasteiger partial charge in [-0.1, -0.05) is 42.3 Å². The molecule has 0 aliphatic heterocycles. The van der Waals surface area contributed by atoms with E-state index in [0.717, 1.165) is 30.4 Å². The molecule has 0 atom stereocenters. The largest absolute Gasteiger partial charge is 0.381 e. The summed E-state index contributed by atoms with van der Waals surface area (Å²) in [7, 11) is 0. The zero-order valence-corrected chi connectivity index (χ0v) is 17.8. The second kappa shape index (κ2) is 8.97. The highest BCUT2D eigenvalue weighted by Crippen LogP contribution is 2.29. The van der Waals surface area contributed by atoms with Gasteiger partial charge in [0.15, 0.2) is 11.5 Å². The number of benzene rings is 1. The van der Waals surface area contributed by atoms with Crippen molar-refractivity contribution in [1.29, 1.82) is 0 Å². The van der Waals surface area contributed by atoms with E-state index in [0.29, 0.717) is 22.8 Å². The SMILES string of the molecule is CC(C)n1nc(-c2nc(C#CC3=CCCCC3)c(N)nc2-c2ccccc2)ccc1=O. The molecule has 156 valence electrons. The summed E-state index contributed by atoms with van der Waals surface area (Å²) in [6, 6.07) is 12.8. The van der Waals surface area contributed by atoms with Gasteiger partial charge in [0.05, 0.1) is 6.04 Å². The van der Waals surface area contributed by atoms with Crippen molar-refractivity contribution in [2.45, 2.75) is 45.6 Å². The van der Waals surface area contributed by atoms with E-state index in [2.05, 4.69) is 28.0 Å². The van der Waals surface area contributed by atoms with Gasteiger partial charge in [0.2, 0.25) is 0 Å². The number of allylic oxidation sites excluding steroid dienone is 2. The fourth-order valence-corrected chi connectivity index (χ4v) is 3.53. The Bertz CT molecular complexity index is 1250. The number of hydrogen-bond donors (Lipinski definition) is 1. The van der Waals surface area contributed by atoms with Crippen LogP contribution in [0, 0.1) is 11.8 Å². The lowest BCUT2D eigenvalue weighted by Gasteiger charge is -2.13. The Morgan fingerprint density at radius 3 is 2.52 bits per heavy atom. The number of anilines is 1. The fraction of sp³-hybridized carbons (Fsp3) is 0.280. The molecule has 1 aliphatic rings. The summed E-state index contributed by atoms with van der Waals surface area (Å²) in [4.78, 5) is 21.6. The zero-order valence-electron chi connectivity index (χ0n) is 17.8. The second-order valence-corrected chi connectivity index (χ2v) is 7.84. The Morgan fingerprint density at radius 1 is 1.00 bits per heavy atom. The van der Waals surface area contributed by atoms with Crippen LogP contribution in [0.1, 0.15) is 51.3 Å². The van der Waals surface area contributed by atoms with E-state index in [1.54, 1.807) is 6.07 Å². The highest BCUT2D eigenvalue weighted by Gasteiger charge is 2.17. The molecule has 0 saturated carbocycles. The van der Waals surface area contributed by atoms with Gasteiger partial charge >= 0.3 is 0 Å². The molecule has 6 nitrogen and oxygen atoms in total. The van der Waals surface area contributed by atoms with Crippen LogP contribution in [0.4, 0.5) is 5.82 Å². The summed E-state index contributed by atoms with van der Waals surface area (Å²) in [6.45, 7) is 3.83. The number of aromatic nitrogens is 4. The summed E-state index contributed by atoms with van der Waals surface area (Å²) < 4.78 is 1.44. The Labute approximate surface area is 181 Å². The van der Waals surface area contributed by atoms with E-state index in [-0.39, 0.29) is 17.4 Å². The van der Waals surface area contributed by atoms with Crippen molar-refractivity contribution in [1.82, 2.24) is 19.7 Å². The average Bonchev–Trinajstić information content (AvgIpc) is 2.79. The molecule has 1 aliphatic carbocycles. The fourth-order valence-electron chi connectivity index (χ4n) is 3.53. The molecule has 1 aromatic carbocycles. The van der Waals surface area contributed by atoms with Gasteiger partial charge in [0.1, 0.15) is 17.1 Å². The van der Waals surface area contributed by atoms with Crippen LogP contribution in [-0.4, -0.2) is 19.7 Å². The quantitative estimate of drug-likeness (QED) is 0.646. The predicted molar refractivity (Wildman–Crippen MR) is 123 cm³/mol. The van der Waals surface area contributed by atoms with Crippen LogP contribution in [0.15, 0.2) is 58.9 Å². The lowest BCUT2D eigenvalue weighted by atomic mass is 10.00. The first-order chi connectivity index (χ1) is 15.0. The van der Waals surface area contributed by atoms with Gasteiger partial charge in [-0.05, 0) is 57.1 Å². The number of nitrogen functional groups attached to an aromatic ring is 1. The van der Waals surface area contributed by atoms with Crippen molar-refractivity contribution in [3.8, 4) is 34.5 Å². The van der Waals surface area contributed by atoms with Crippen molar-refractivity contribution in [3.63, 3.8) is 0 Å². The molecule has 31 heavy (non-hydrogen) atoms. The second-order valence-electron chi connectivity index (χ2n) is 7.84. The Balaban J connectivity index is 1.89. The van der Waals surface area contributed by atoms with Crippen LogP contribution >= 0.6 is 0 Å². The first-order valence-corrected chi connectivity index (χ1v) is 10.6. The minimum Gasteiger partial charge on any atom is -0.381 e. The molecule has 2 heterocycles. The topological polar surface area (TPSA) is 86.7 Å². The summed E-state index contributed by atoms with van der Waals surface area (Å²) in [5.74, 6) is 6.60. The van der Waals surface area contributed by atoms with Crippen LogP contribution in [-0.2, 0) is 0 Å². The van der Waals surface area contributed by atoms with Gasteiger partial charge in [-0.3, -0.25) is 4.79 Å². The van der Waals surface area contributed by atoms with Crippen LogP contribution in [0.25, 0.3) is 22.6 Å². The van der Waals surface area contributed by atoms with Crippen molar-refractivity contribution in [2.75, 3.05) is 5.73 Å². The maximum atomic E-state index is 12.2. The Kier molecular flexibility index (Phi) is 5.94. The number of nitrogens with two attached hydrogens (primary N) is 1. The van der Waals surface area contributed by atoms with E-state index in [9.17, 15) is 4.79 Å². The van der Waals surface area contributed by atoms with Gasteiger partial charge in [-0.2, -0.15) is 5.10 Å². The highest BCUT2D eigenvalue weighted by atomic mass is 16.1. The van der Waals surface area contributed by atoms with Gasteiger partial charge in [-0.25, -0.2) is 14.6 Å². The van der Waals surface area contributed by atoms with E-state index >= 15 is 0 Å². The van der Waals surface area contributed by atoms with Gasteiger partial charge in [0.25, 0.3) is 5.56 Å². The lowest BCUT2D eigenvalue weighted by molar-refractivity contribution is 0.504. The first kappa shape index (κ1) is 20.5. The molecule has 0 amide bonds. The molecule has 3 aromatic rings. The number of rotatable bonds is 3. The molecule has 0 bridgehead atoms. The standard InChI is InChI=1S/C25H25N5O/c1-17(2)30-22(31)16-15-20(29-30)24-23(19-11-7-4-8-12-19)28-25(26)21(27-24)14-13-18-9-5-3-6-10-18/h4,7-9,11-12,15-17H,3,5-6,10H2,1-2H3,(H2,26,28). The van der Waals surface area contributed by atoms with Crippen LogP contribution in [0.2, 0.25) is 0 Å².